The number of halogens is 1. The van der Waals surface area contributed by atoms with Crippen LogP contribution in [0.5, 0.6) is 0 Å². The number of amides is 1. The molecule has 0 unspecified atom stereocenters. The molecule has 0 saturated carbocycles. The van der Waals surface area contributed by atoms with E-state index in [0.29, 0.717) is 17.1 Å². The van der Waals surface area contributed by atoms with Crippen LogP contribution in [-0.4, -0.2) is 10.9 Å². The van der Waals surface area contributed by atoms with E-state index in [2.05, 4.69) is 5.32 Å². The second-order valence-electron chi connectivity index (χ2n) is 6.75. The van der Waals surface area contributed by atoms with Crippen molar-refractivity contribution in [3.05, 3.63) is 101 Å². The quantitative estimate of drug-likeness (QED) is 0.414. The molecule has 144 valence electrons. The Hall–Kier alpha value is -2.82. The Morgan fingerprint density at radius 3 is 2.59 bits per heavy atom. The van der Waals surface area contributed by atoms with Gasteiger partial charge >= 0.3 is 0 Å². The van der Waals surface area contributed by atoms with Gasteiger partial charge in [-0.05, 0) is 42.8 Å². The number of hydrogen-bond acceptors (Lipinski definition) is 3. The summed E-state index contributed by atoms with van der Waals surface area (Å²) in [6, 6.07) is 25.3. The first-order chi connectivity index (χ1) is 14.1. The molecule has 1 amide bonds. The predicted molar refractivity (Wildman–Crippen MR) is 120 cm³/mol. The number of carbonyl (C=O) groups is 1. The third kappa shape index (κ3) is 4.78. The number of aromatic nitrogens is 1. The van der Waals surface area contributed by atoms with Gasteiger partial charge in [0.25, 0.3) is 5.91 Å². The second-order valence-corrected chi connectivity index (χ2v) is 8.28. The number of aryl methyl sites for hydroxylation is 1. The minimum atomic E-state index is -0.114. The summed E-state index contributed by atoms with van der Waals surface area (Å²) in [5, 5.41) is 5.30. The van der Waals surface area contributed by atoms with Crippen LogP contribution in [0.25, 0.3) is 10.9 Å². The topological polar surface area (TPSA) is 42.0 Å². The standard InChI is InChI=1S/C24H19ClN2OS/c1-16-9-11-17(12-10-16)15-26-24(28)21-14-23(27-22-8-3-2-7-20(21)22)29-19-6-4-5-18(25)13-19/h2-14H,15H2,1H3,(H,26,28). The first kappa shape index (κ1) is 19.5. The van der Waals surface area contributed by atoms with Crippen LogP contribution in [0.3, 0.4) is 0 Å². The molecule has 0 bridgehead atoms. The smallest absolute Gasteiger partial charge is 0.252 e. The summed E-state index contributed by atoms with van der Waals surface area (Å²) in [7, 11) is 0. The maximum absolute atomic E-state index is 13.0. The molecule has 0 fully saturated rings. The van der Waals surface area contributed by atoms with Crippen LogP contribution in [0.4, 0.5) is 0 Å². The fraction of sp³-hybridized carbons (Fsp3) is 0.0833. The molecule has 0 atom stereocenters. The van der Waals surface area contributed by atoms with Crippen molar-refractivity contribution < 1.29 is 4.79 Å². The van der Waals surface area contributed by atoms with E-state index in [-0.39, 0.29) is 5.91 Å². The summed E-state index contributed by atoms with van der Waals surface area (Å²) in [6.07, 6.45) is 0. The van der Waals surface area contributed by atoms with Crippen molar-refractivity contribution in [2.24, 2.45) is 0 Å². The Labute approximate surface area is 179 Å². The largest absolute Gasteiger partial charge is 0.348 e. The van der Waals surface area contributed by atoms with Gasteiger partial charge < -0.3 is 5.32 Å². The number of nitrogens with one attached hydrogen (secondary N) is 1. The van der Waals surface area contributed by atoms with Crippen molar-refractivity contribution in [3.63, 3.8) is 0 Å². The molecule has 3 nitrogen and oxygen atoms in total. The lowest BCUT2D eigenvalue weighted by molar-refractivity contribution is 0.0952. The summed E-state index contributed by atoms with van der Waals surface area (Å²) >= 11 is 7.59. The van der Waals surface area contributed by atoms with Gasteiger partial charge in [0.05, 0.1) is 11.1 Å². The number of carbonyl (C=O) groups excluding carboxylic acids is 1. The molecular formula is C24H19ClN2OS. The van der Waals surface area contributed by atoms with Gasteiger partial charge in [-0.25, -0.2) is 4.98 Å². The normalized spacial score (nSPS) is 10.8. The predicted octanol–water partition coefficient (Wildman–Crippen LogP) is 6.28. The number of nitrogens with zero attached hydrogens (tertiary/aromatic N) is 1. The molecule has 0 aliphatic rings. The van der Waals surface area contributed by atoms with Crippen LogP contribution >= 0.6 is 23.4 Å². The third-order valence-corrected chi connectivity index (χ3v) is 5.67. The highest BCUT2D eigenvalue weighted by atomic mass is 35.5. The minimum Gasteiger partial charge on any atom is -0.348 e. The molecule has 4 aromatic rings. The van der Waals surface area contributed by atoms with Gasteiger partial charge in [0.2, 0.25) is 0 Å². The van der Waals surface area contributed by atoms with Gasteiger partial charge in [-0.15, -0.1) is 0 Å². The van der Waals surface area contributed by atoms with Gasteiger partial charge in [0, 0.05) is 21.8 Å². The van der Waals surface area contributed by atoms with Crippen molar-refractivity contribution in [1.82, 2.24) is 10.3 Å². The Kier molecular flexibility index (Phi) is 5.84. The maximum Gasteiger partial charge on any atom is 0.252 e. The highest BCUT2D eigenvalue weighted by molar-refractivity contribution is 7.99. The summed E-state index contributed by atoms with van der Waals surface area (Å²) in [5.74, 6) is -0.114. The fourth-order valence-electron chi connectivity index (χ4n) is 3.03. The van der Waals surface area contributed by atoms with Crippen LogP contribution in [0.15, 0.2) is 88.8 Å². The number of rotatable bonds is 5. The van der Waals surface area contributed by atoms with E-state index in [0.717, 1.165) is 26.4 Å². The van der Waals surface area contributed by atoms with Crippen LogP contribution < -0.4 is 5.32 Å². The molecule has 29 heavy (non-hydrogen) atoms. The SMILES string of the molecule is Cc1ccc(CNC(=O)c2cc(Sc3cccc(Cl)c3)nc3ccccc23)cc1. The Balaban J connectivity index is 1.63. The van der Waals surface area contributed by atoms with E-state index < -0.39 is 0 Å². The molecule has 1 aromatic heterocycles. The van der Waals surface area contributed by atoms with Crippen LogP contribution in [-0.2, 0) is 6.54 Å². The highest BCUT2D eigenvalue weighted by Gasteiger charge is 2.14. The lowest BCUT2D eigenvalue weighted by atomic mass is 10.1. The average molecular weight is 419 g/mol. The number of fused-ring (bicyclic) bond motifs is 1. The van der Waals surface area contributed by atoms with Crippen molar-refractivity contribution in [3.8, 4) is 0 Å². The first-order valence-electron chi connectivity index (χ1n) is 9.25. The zero-order chi connectivity index (χ0) is 20.2. The van der Waals surface area contributed by atoms with Gasteiger partial charge in [-0.3, -0.25) is 4.79 Å². The first-order valence-corrected chi connectivity index (χ1v) is 10.4. The summed E-state index contributed by atoms with van der Waals surface area (Å²) in [4.78, 5) is 18.7. The van der Waals surface area contributed by atoms with Crippen molar-refractivity contribution in [2.45, 2.75) is 23.4 Å². The van der Waals surface area contributed by atoms with E-state index in [4.69, 9.17) is 16.6 Å². The van der Waals surface area contributed by atoms with Crippen molar-refractivity contribution >= 4 is 40.2 Å². The Morgan fingerprint density at radius 2 is 1.79 bits per heavy atom. The molecule has 0 spiro atoms. The van der Waals surface area contributed by atoms with Crippen molar-refractivity contribution in [2.75, 3.05) is 0 Å². The summed E-state index contributed by atoms with van der Waals surface area (Å²) < 4.78 is 0. The molecule has 0 aliphatic heterocycles. The lowest BCUT2D eigenvalue weighted by Gasteiger charge is -2.11. The molecular weight excluding hydrogens is 400 g/mol. The van der Waals surface area contributed by atoms with Crippen LogP contribution in [0.1, 0.15) is 21.5 Å². The van der Waals surface area contributed by atoms with Gasteiger partial charge in [0.15, 0.2) is 0 Å². The molecule has 1 heterocycles. The molecule has 0 aliphatic carbocycles. The zero-order valence-electron chi connectivity index (χ0n) is 15.9. The Morgan fingerprint density at radius 1 is 1.00 bits per heavy atom. The number of para-hydroxylation sites is 1. The van der Waals surface area contributed by atoms with E-state index in [1.807, 2.05) is 85.8 Å². The van der Waals surface area contributed by atoms with E-state index in [9.17, 15) is 4.79 Å². The second kappa shape index (κ2) is 8.68. The molecule has 5 heteroatoms. The van der Waals surface area contributed by atoms with Gasteiger partial charge in [0.1, 0.15) is 5.03 Å². The summed E-state index contributed by atoms with van der Waals surface area (Å²) in [6.45, 7) is 2.52. The minimum absolute atomic E-state index is 0.114. The van der Waals surface area contributed by atoms with Crippen LogP contribution in [0.2, 0.25) is 5.02 Å². The van der Waals surface area contributed by atoms with E-state index >= 15 is 0 Å². The number of benzene rings is 3. The third-order valence-electron chi connectivity index (χ3n) is 4.53. The summed E-state index contributed by atoms with van der Waals surface area (Å²) in [5.41, 5.74) is 3.67. The molecule has 3 aromatic carbocycles. The fourth-order valence-corrected chi connectivity index (χ4v) is 4.18. The monoisotopic (exact) mass is 418 g/mol. The van der Waals surface area contributed by atoms with Gasteiger partial charge in [-0.1, -0.05) is 77.5 Å². The molecule has 0 saturated heterocycles. The zero-order valence-corrected chi connectivity index (χ0v) is 17.4. The maximum atomic E-state index is 13.0. The highest BCUT2D eigenvalue weighted by Crippen LogP contribution is 2.31. The molecule has 4 rings (SSSR count). The number of pyridine rings is 1. The van der Waals surface area contributed by atoms with Crippen molar-refractivity contribution in [1.29, 1.82) is 0 Å². The number of hydrogen-bond donors (Lipinski definition) is 1. The Bertz CT molecular complexity index is 1180. The van der Waals surface area contributed by atoms with E-state index in [1.54, 1.807) is 0 Å². The van der Waals surface area contributed by atoms with Gasteiger partial charge in [-0.2, -0.15) is 0 Å². The van der Waals surface area contributed by atoms with Crippen LogP contribution in [0, 0.1) is 6.92 Å². The lowest BCUT2D eigenvalue weighted by Crippen LogP contribution is -2.23. The van der Waals surface area contributed by atoms with E-state index in [1.165, 1.54) is 17.3 Å². The average Bonchev–Trinajstić information content (AvgIpc) is 2.72. The molecule has 1 N–H and O–H groups in total. The molecule has 0 radical (unpaired) electrons.